The molecule has 0 aromatic carbocycles. The number of fused-ring (bicyclic) bond motifs is 1. The Bertz CT molecular complexity index is 608. The van der Waals surface area contributed by atoms with Crippen LogP contribution in [0, 0.1) is 0 Å². The van der Waals surface area contributed by atoms with Gasteiger partial charge in [0.05, 0.1) is 6.26 Å². The van der Waals surface area contributed by atoms with Crippen LogP contribution in [0.1, 0.15) is 34.4 Å². The van der Waals surface area contributed by atoms with E-state index >= 15 is 0 Å². The van der Waals surface area contributed by atoms with Gasteiger partial charge < -0.3 is 9.32 Å². The van der Waals surface area contributed by atoms with Gasteiger partial charge in [-0.3, -0.25) is 4.79 Å². The lowest BCUT2D eigenvalue weighted by atomic mass is 10.1. The molecule has 1 amide bonds. The van der Waals surface area contributed by atoms with E-state index in [1.807, 2.05) is 4.90 Å². The molecule has 104 valence electrons. The van der Waals surface area contributed by atoms with Crippen molar-refractivity contribution in [2.24, 2.45) is 0 Å². The van der Waals surface area contributed by atoms with Crippen molar-refractivity contribution in [1.29, 1.82) is 0 Å². The Hall–Kier alpha value is -2.17. The number of furan rings is 1. The predicted molar refractivity (Wildman–Crippen MR) is 73.4 cm³/mol. The average Bonchev–Trinajstić information content (AvgIpc) is 2.92. The van der Waals surface area contributed by atoms with Gasteiger partial charge in [0.1, 0.15) is 6.33 Å². The highest BCUT2D eigenvalue weighted by molar-refractivity contribution is 5.91. The van der Waals surface area contributed by atoms with E-state index in [9.17, 15) is 4.79 Å². The molecule has 3 heterocycles. The van der Waals surface area contributed by atoms with Crippen LogP contribution in [0.5, 0.6) is 0 Å². The van der Waals surface area contributed by atoms with E-state index in [-0.39, 0.29) is 5.91 Å². The van der Waals surface area contributed by atoms with Crippen LogP contribution in [0.4, 0.5) is 0 Å². The van der Waals surface area contributed by atoms with Crippen molar-refractivity contribution in [3.8, 4) is 0 Å². The standard InChI is InChI=1S/C15H17N3O2/c1-2-12-11-5-7-18(8-6-13(11)17-10-16-12)15(19)14-4-3-9-20-14/h3-4,9-10H,2,5-8H2,1H3. The lowest BCUT2D eigenvalue weighted by Gasteiger charge is -2.18. The summed E-state index contributed by atoms with van der Waals surface area (Å²) in [5, 5.41) is 0. The molecule has 1 aliphatic rings. The fourth-order valence-corrected chi connectivity index (χ4v) is 2.66. The van der Waals surface area contributed by atoms with E-state index in [4.69, 9.17) is 4.42 Å². The SMILES string of the molecule is CCc1ncnc2c1CCN(C(=O)c1ccco1)CC2. The van der Waals surface area contributed by atoms with E-state index in [1.165, 1.54) is 11.8 Å². The number of carbonyl (C=O) groups excluding carboxylic acids is 1. The Morgan fingerprint density at radius 3 is 2.95 bits per heavy atom. The maximum absolute atomic E-state index is 12.3. The summed E-state index contributed by atoms with van der Waals surface area (Å²) in [6, 6.07) is 3.44. The summed E-state index contributed by atoms with van der Waals surface area (Å²) in [6.45, 7) is 3.46. The molecule has 2 aromatic heterocycles. The van der Waals surface area contributed by atoms with Gasteiger partial charge in [0.2, 0.25) is 0 Å². The van der Waals surface area contributed by atoms with Gasteiger partial charge in [-0.1, -0.05) is 6.92 Å². The van der Waals surface area contributed by atoms with Crippen molar-refractivity contribution >= 4 is 5.91 Å². The minimum atomic E-state index is -0.0474. The first-order valence-corrected chi connectivity index (χ1v) is 6.94. The molecule has 0 bridgehead atoms. The number of hydrogen-bond donors (Lipinski definition) is 0. The number of aromatic nitrogens is 2. The lowest BCUT2D eigenvalue weighted by molar-refractivity contribution is 0.0731. The van der Waals surface area contributed by atoms with Crippen LogP contribution in [0.15, 0.2) is 29.1 Å². The zero-order valence-electron chi connectivity index (χ0n) is 11.5. The highest BCUT2D eigenvalue weighted by Crippen LogP contribution is 2.18. The summed E-state index contributed by atoms with van der Waals surface area (Å²) in [5.41, 5.74) is 3.39. The molecule has 0 atom stereocenters. The van der Waals surface area contributed by atoms with Crippen molar-refractivity contribution in [2.75, 3.05) is 13.1 Å². The molecule has 2 aromatic rings. The van der Waals surface area contributed by atoms with Crippen molar-refractivity contribution in [1.82, 2.24) is 14.9 Å². The minimum Gasteiger partial charge on any atom is -0.459 e. The van der Waals surface area contributed by atoms with Crippen molar-refractivity contribution in [2.45, 2.75) is 26.2 Å². The molecular formula is C15H17N3O2. The molecule has 1 aliphatic heterocycles. The third kappa shape index (κ3) is 2.31. The summed E-state index contributed by atoms with van der Waals surface area (Å²) in [5.74, 6) is 0.353. The molecule has 5 heteroatoms. The molecule has 0 saturated carbocycles. The number of aryl methyl sites for hydroxylation is 1. The molecule has 0 radical (unpaired) electrons. The van der Waals surface area contributed by atoms with Gasteiger partial charge in [-0.05, 0) is 30.5 Å². The van der Waals surface area contributed by atoms with Crippen molar-refractivity contribution in [3.63, 3.8) is 0 Å². The number of rotatable bonds is 2. The normalized spacial score (nSPS) is 14.8. The predicted octanol–water partition coefficient (Wildman–Crippen LogP) is 1.87. The van der Waals surface area contributed by atoms with Gasteiger partial charge in [0.15, 0.2) is 5.76 Å². The zero-order valence-corrected chi connectivity index (χ0v) is 11.5. The third-order valence-electron chi connectivity index (χ3n) is 3.73. The molecule has 20 heavy (non-hydrogen) atoms. The van der Waals surface area contributed by atoms with Crippen molar-refractivity contribution in [3.05, 3.63) is 47.4 Å². The first kappa shape index (κ1) is 12.8. The summed E-state index contributed by atoms with van der Waals surface area (Å²) in [6.07, 6.45) is 5.64. The molecule has 0 saturated heterocycles. The highest BCUT2D eigenvalue weighted by Gasteiger charge is 2.23. The number of carbonyl (C=O) groups is 1. The van der Waals surface area contributed by atoms with Crippen LogP contribution >= 0.6 is 0 Å². The Morgan fingerprint density at radius 1 is 1.35 bits per heavy atom. The molecule has 0 fully saturated rings. The fourth-order valence-electron chi connectivity index (χ4n) is 2.66. The second-order valence-electron chi connectivity index (χ2n) is 4.87. The van der Waals surface area contributed by atoms with Gasteiger partial charge in [-0.15, -0.1) is 0 Å². The number of nitrogens with zero attached hydrogens (tertiary/aromatic N) is 3. The van der Waals surface area contributed by atoms with Gasteiger partial charge in [0, 0.05) is 30.9 Å². The molecule has 0 unspecified atom stereocenters. The maximum Gasteiger partial charge on any atom is 0.289 e. The minimum absolute atomic E-state index is 0.0474. The Labute approximate surface area is 117 Å². The topological polar surface area (TPSA) is 59.2 Å². The quantitative estimate of drug-likeness (QED) is 0.836. The second-order valence-corrected chi connectivity index (χ2v) is 4.87. The summed E-state index contributed by atoms with van der Waals surface area (Å²) in [4.78, 5) is 22.9. The maximum atomic E-state index is 12.3. The van der Waals surface area contributed by atoms with Gasteiger partial charge in [0.25, 0.3) is 5.91 Å². The van der Waals surface area contributed by atoms with Crippen LogP contribution in [-0.2, 0) is 19.3 Å². The first-order chi connectivity index (χ1) is 9.79. The molecule has 0 N–H and O–H groups in total. The lowest BCUT2D eigenvalue weighted by Crippen LogP contribution is -2.33. The molecule has 5 nitrogen and oxygen atoms in total. The molecule has 0 spiro atoms. The van der Waals surface area contributed by atoms with E-state index in [1.54, 1.807) is 18.5 Å². The van der Waals surface area contributed by atoms with E-state index in [0.29, 0.717) is 18.8 Å². The largest absolute Gasteiger partial charge is 0.459 e. The number of amides is 1. The van der Waals surface area contributed by atoms with Crippen molar-refractivity contribution < 1.29 is 9.21 Å². The molecular weight excluding hydrogens is 254 g/mol. The Morgan fingerprint density at radius 2 is 2.20 bits per heavy atom. The summed E-state index contributed by atoms with van der Waals surface area (Å²) < 4.78 is 5.19. The monoisotopic (exact) mass is 271 g/mol. The van der Waals surface area contributed by atoms with E-state index in [0.717, 1.165) is 30.7 Å². The van der Waals surface area contributed by atoms with Crippen LogP contribution in [-0.4, -0.2) is 33.9 Å². The summed E-state index contributed by atoms with van der Waals surface area (Å²) >= 11 is 0. The first-order valence-electron chi connectivity index (χ1n) is 6.94. The average molecular weight is 271 g/mol. The Kier molecular flexibility index (Phi) is 3.50. The smallest absolute Gasteiger partial charge is 0.289 e. The Balaban J connectivity index is 1.81. The van der Waals surface area contributed by atoms with E-state index in [2.05, 4.69) is 16.9 Å². The van der Waals surface area contributed by atoms with Crippen LogP contribution in [0.3, 0.4) is 0 Å². The van der Waals surface area contributed by atoms with Crippen LogP contribution in [0.25, 0.3) is 0 Å². The number of hydrogen-bond acceptors (Lipinski definition) is 4. The van der Waals surface area contributed by atoms with Gasteiger partial charge in [-0.2, -0.15) is 0 Å². The van der Waals surface area contributed by atoms with Crippen LogP contribution in [0.2, 0.25) is 0 Å². The zero-order chi connectivity index (χ0) is 13.9. The molecule has 3 rings (SSSR count). The third-order valence-corrected chi connectivity index (χ3v) is 3.73. The fraction of sp³-hybridized carbons (Fsp3) is 0.400. The molecule has 0 aliphatic carbocycles. The van der Waals surface area contributed by atoms with E-state index < -0.39 is 0 Å². The van der Waals surface area contributed by atoms with Gasteiger partial charge >= 0.3 is 0 Å². The van der Waals surface area contributed by atoms with Gasteiger partial charge in [-0.25, -0.2) is 9.97 Å². The van der Waals surface area contributed by atoms with Crippen LogP contribution < -0.4 is 0 Å². The summed E-state index contributed by atoms with van der Waals surface area (Å²) in [7, 11) is 0. The second kappa shape index (κ2) is 5.45. The highest BCUT2D eigenvalue weighted by atomic mass is 16.3.